The first kappa shape index (κ1) is 24.8. The van der Waals surface area contributed by atoms with Crippen LogP contribution in [0.25, 0.3) is 16.3 Å². The third-order valence-corrected chi connectivity index (χ3v) is 4.24. The van der Waals surface area contributed by atoms with Gasteiger partial charge in [0.15, 0.2) is 11.5 Å². The third-order valence-electron chi connectivity index (χ3n) is 4.24. The number of halogens is 9. The SMILES string of the molecule is [C-]#[N+]c1ccc(N(Cc2noc(-c3ccc(C(F)(F)F)nc3)n2)CC(F)(F)F)cc1C(F)(F)F. The maximum atomic E-state index is 13.2. The monoisotopic (exact) mass is 495 g/mol. The van der Waals surface area contributed by atoms with E-state index < -0.39 is 54.3 Å². The lowest BCUT2D eigenvalue weighted by atomic mass is 10.1. The number of pyridine rings is 1. The Morgan fingerprint density at radius 3 is 2.18 bits per heavy atom. The van der Waals surface area contributed by atoms with Crippen LogP contribution in [0.1, 0.15) is 17.1 Å². The lowest BCUT2D eigenvalue weighted by molar-refractivity contribution is -0.141. The summed E-state index contributed by atoms with van der Waals surface area (Å²) in [5, 5.41) is 3.45. The number of aromatic nitrogens is 3. The van der Waals surface area contributed by atoms with Gasteiger partial charge in [-0.05, 0) is 24.3 Å². The van der Waals surface area contributed by atoms with Crippen molar-refractivity contribution in [2.45, 2.75) is 25.1 Å². The second-order valence-electron chi connectivity index (χ2n) is 6.73. The van der Waals surface area contributed by atoms with Crippen LogP contribution in [0.4, 0.5) is 50.9 Å². The molecule has 0 aliphatic heterocycles. The van der Waals surface area contributed by atoms with E-state index in [0.29, 0.717) is 17.0 Å². The molecule has 2 aromatic heterocycles. The number of benzene rings is 1. The minimum Gasteiger partial charge on any atom is -0.355 e. The zero-order valence-electron chi connectivity index (χ0n) is 16.4. The van der Waals surface area contributed by atoms with Crippen LogP contribution in [-0.2, 0) is 18.9 Å². The van der Waals surface area contributed by atoms with Gasteiger partial charge in [-0.1, -0.05) is 11.2 Å². The lowest BCUT2D eigenvalue weighted by Gasteiger charge is -2.25. The Labute approximate surface area is 184 Å². The molecule has 0 aliphatic carbocycles. The first-order valence-electron chi connectivity index (χ1n) is 8.94. The Balaban J connectivity index is 1.92. The maximum Gasteiger partial charge on any atom is 0.433 e. The highest BCUT2D eigenvalue weighted by Gasteiger charge is 2.36. The van der Waals surface area contributed by atoms with Gasteiger partial charge in [-0.15, -0.1) is 0 Å². The summed E-state index contributed by atoms with van der Waals surface area (Å²) in [7, 11) is 0. The van der Waals surface area contributed by atoms with E-state index in [4.69, 9.17) is 11.1 Å². The fourth-order valence-corrected chi connectivity index (χ4v) is 2.79. The quantitative estimate of drug-likeness (QED) is 0.308. The lowest BCUT2D eigenvalue weighted by Crippen LogP contribution is -2.34. The molecule has 6 nitrogen and oxygen atoms in total. The zero-order valence-corrected chi connectivity index (χ0v) is 16.4. The summed E-state index contributed by atoms with van der Waals surface area (Å²) in [5.74, 6) is -0.746. The molecule has 0 atom stereocenters. The molecule has 0 amide bonds. The largest absolute Gasteiger partial charge is 0.433 e. The topological polar surface area (TPSA) is 59.4 Å². The summed E-state index contributed by atoms with van der Waals surface area (Å²) < 4.78 is 122. The summed E-state index contributed by atoms with van der Waals surface area (Å²) in [4.78, 5) is 10.2. The molecule has 15 heteroatoms. The summed E-state index contributed by atoms with van der Waals surface area (Å²) in [6.07, 6.45) is -13.8. The predicted octanol–water partition coefficient (Wildman–Crippen LogP) is 6.29. The molecule has 0 aliphatic rings. The molecule has 0 unspecified atom stereocenters. The molecule has 2 heterocycles. The molecule has 0 N–H and O–H groups in total. The molecule has 0 fully saturated rings. The molecular formula is C19H10F9N5O. The molecule has 0 spiro atoms. The van der Waals surface area contributed by atoms with Gasteiger partial charge in [0.1, 0.15) is 12.2 Å². The van der Waals surface area contributed by atoms with Crippen LogP contribution in [0.3, 0.4) is 0 Å². The molecule has 0 saturated carbocycles. The van der Waals surface area contributed by atoms with Gasteiger partial charge in [-0.2, -0.15) is 44.5 Å². The van der Waals surface area contributed by atoms with Crippen molar-refractivity contribution in [2.24, 2.45) is 0 Å². The average Bonchev–Trinajstić information content (AvgIpc) is 3.19. The van der Waals surface area contributed by atoms with Gasteiger partial charge < -0.3 is 9.42 Å². The van der Waals surface area contributed by atoms with Crippen molar-refractivity contribution < 1.29 is 44.0 Å². The van der Waals surface area contributed by atoms with E-state index in [9.17, 15) is 39.5 Å². The van der Waals surface area contributed by atoms with Crippen molar-refractivity contribution in [1.82, 2.24) is 15.1 Å². The number of hydrogen-bond acceptors (Lipinski definition) is 5. The molecule has 0 saturated heterocycles. The predicted molar refractivity (Wildman–Crippen MR) is 97.3 cm³/mol. The molecular weight excluding hydrogens is 485 g/mol. The average molecular weight is 495 g/mol. The van der Waals surface area contributed by atoms with Crippen LogP contribution in [0.5, 0.6) is 0 Å². The number of anilines is 1. The Bertz CT molecular complexity index is 1190. The van der Waals surface area contributed by atoms with E-state index in [-0.39, 0.29) is 17.3 Å². The van der Waals surface area contributed by atoms with Crippen LogP contribution in [0.2, 0.25) is 0 Å². The van der Waals surface area contributed by atoms with Crippen LogP contribution >= 0.6 is 0 Å². The highest BCUT2D eigenvalue weighted by molar-refractivity contribution is 5.62. The Morgan fingerprint density at radius 2 is 1.65 bits per heavy atom. The van der Waals surface area contributed by atoms with E-state index >= 15 is 0 Å². The van der Waals surface area contributed by atoms with Gasteiger partial charge in [0.25, 0.3) is 5.89 Å². The first-order valence-corrected chi connectivity index (χ1v) is 8.94. The minimum atomic E-state index is -4.99. The Morgan fingerprint density at radius 1 is 0.941 bits per heavy atom. The number of rotatable bonds is 5. The summed E-state index contributed by atoms with van der Waals surface area (Å²) in [5.41, 5.74) is -3.98. The van der Waals surface area contributed by atoms with Gasteiger partial charge >= 0.3 is 18.5 Å². The Hall–Kier alpha value is -3.83. The molecule has 3 rings (SSSR count). The van der Waals surface area contributed by atoms with Gasteiger partial charge in [0, 0.05) is 11.9 Å². The molecule has 0 bridgehead atoms. The second kappa shape index (κ2) is 8.84. The smallest absolute Gasteiger partial charge is 0.355 e. The highest BCUT2D eigenvalue weighted by atomic mass is 19.4. The molecule has 1 aromatic carbocycles. The molecule has 3 aromatic rings. The van der Waals surface area contributed by atoms with Crippen molar-refractivity contribution in [3.8, 4) is 11.5 Å². The fraction of sp³-hybridized carbons (Fsp3) is 0.263. The van der Waals surface area contributed by atoms with Gasteiger partial charge in [-0.25, -0.2) is 4.85 Å². The van der Waals surface area contributed by atoms with Crippen LogP contribution < -0.4 is 4.90 Å². The number of nitrogens with zero attached hydrogens (tertiary/aromatic N) is 5. The number of hydrogen-bond donors (Lipinski definition) is 0. The summed E-state index contributed by atoms with van der Waals surface area (Å²) >= 11 is 0. The van der Waals surface area contributed by atoms with E-state index in [0.717, 1.165) is 24.4 Å². The molecule has 180 valence electrons. The molecule has 34 heavy (non-hydrogen) atoms. The Kier molecular flexibility index (Phi) is 6.45. The van der Waals surface area contributed by atoms with Crippen molar-refractivity contribution in [3.05, 3.63) is 65.0 Å². The second-order valence-corrected chi connectivity index (χ2v) is 6.73. The van der Waals surface area contributed by atoms with Crippen molar-refractivity contribution in [3.63, 3.8) is 0 Å². The van der Waals surface area contributed by atoms with Crippen molar-refractivity contribution in [2.75, 3.05) is 11.4 Å². The fourth-order valence-electron chi connectivity index (χ4n) is 2.79. The standard InChI is InChI=1S/C19H10F9N5O/c1-29-13-4-3-11(6-12(13)18(23,24)25)33(9-17(20,21)22)8-15-31-16(34-32-15)10-2-5-14(30-7-10)19(26,27)28/h2-7H,8-9H2. The van der Waals surface area contributed by atoms with Crippen LogP contribution in [0.15, 0.2) is 41.1 Å². The first-order chi connectivity index (χ1) is 15.7. The van der Waals surface area contributed by atoms with Crippen molar-refractivity contribution in [1.29, 1.82) is 0 Å². The van der Waals surface area contributed by atoms with Crippen molar-refractivity contribution >= 4 is 11.4 Å². The number of alkyl halides is 9. The summed E-state index contributed by atoms with van der Waals surface area (Å²) in [6.45, 7) is 4.38. The summed E-state index contributed by atoms with van der Waals surface area (Å²) in [6, 6.07) is 3.64. The molecule has 0 radical (unpaired) electrons. The van der Waals surface area contributed by atoms with Gasteiger partial charge in [0.05, 0.1) is 24.2 Å². The maximum absolute atomic E-state index is 13.2. The zero-order chi connectivity index (χ0) is 25.3. The normalized spacial score (nSPS) is 12.5. The van der Waals surface area contributed by atoms with Gasteiger partial charge in [0.2, 0.25) is 0 Å². The van der Waals surface area contributed by atoms with E-state index in [1.807, 2.05) is 0 Å². The van der Waals surface area contributed by atoms with Gasteiger partial charge in [-0.3, -0.25) is 4.98 Å². The van der Waals surface area contributed by atoms with E-state index in [1.165, 1.54) is 0 Å². The van der Waals surface area contributed by atoms with E-state index in [2.05, 4.69) is 20.0 Å². The van der Waals surface area contributed by atoms with Crippen LogP contribution in [-0.4, -0.2) is 27.8 Å². The third kappa shape index (κ3) is 5.94. The van der Waals surface area contributed by atoms with E-state index in [1.54, 1.807) is 0 Å². The highest BCUT2D eigenvalue weighted by Crippen LogP contribution is 2.39. The van der Waals surface area contributed by atoms with Crippen LogP contribution in [0, 0.1) is 6.57 Å². The minimum absolute atomic E-state index is 0.0603.